The van der Waals surface area contributed by atoms with Gasteiger partial charge in [-0.1, -0.05) is 36.2 Å². The van der Waals surface area contributed by atoms with Crippen LogP contribution in [-0.2, 0) is 26.2 Å². The molecule has 1 aliphatic rings. The van der Waals surface area contributed by atoms with Gasteiger partial charge in [0.15, 0.2) is 11.5 Å². The fourth-order valence-electron chi connectivity index (χ4n) is 3.47. The first-order valence-corrected chi connectivity index (χ1v) is 13.5. The van der Waals surface area contributed by atoms with Gasteiger partial charge in [0.05, 0.1) is 11.9 Å². The fraction of sp³-hybridized carbons (Fsp3) is 0.391. The highest BCUT2D eigenvalue weighted by Gasteiger charge is 2.31. The average Bonchev–Trinajstić information content (AvgIpc) is 3.27. The lowest BCUT2D eigenvalue weighted by atomic mass is 10.1. The van der Waals surface area contributed by atoms with Crippen LogP contribution in [0.15, 0.2) is 36.4 Å². The molecular formula is C23H27Cl2N3O6S. The van der Waals surface area contributed by atoms with Crippen molar-refractivity contribution in [3.05, 3.63) is 52.0 Å². The Morgan fingerprint density at radius 2 is 1.83 bits per heavy atom. The highest BCUT2D eigenvalue weighted by molar-refractivity contribution is 7.92. The minimum absolute atomic E-state index is 0.0196. The molecule has 0 aromatic heterocycles. The van der Waals surface area contributed by atoms with Crippen molar-refractivity contribution in [3.8, 4) is 11.5 Å². The number of hydrogen-bond acceptors (Lipinski definition) is 6. The molecule has 0 saturated carbocycles. The molecule has 2 amide bonds. The Balaban J connectivity index is 1.92. The first-order chi connectivity index (χ1) is 16.5. The van der Waals surface area contributed by atoms with E-state index in [0.29, 0.717) is 33.7 Å². The number of ether oxygens (including phenoxy) is 2. The van der Waals surface area contributed by atoms with E-state index in [1.807, 2.05) is 6.92 Å². The van der Waals surface area contributed by atoms with Crippen molar-refractivity contribution in [3.63, 3.8) is 0 Å². The van der Waals surface area contributed by atoms with Crippen molar-refractivity contribution in [2.45, 2.75) is 32.9 Å². The molecule has 3 rings (SSSR count). The number of carbonyl (C=O) groups is 2. The summed E-state index contributed by atoms with van der Waals surface area (Å²) in [5, 5.41) is 3.52. The normalized spacial score (nSPS) is 13.3. The van der Waals surface area contributed by atoms with Gasteiger partial charge in [0.2, 0.25) is 28.6 Å². The maximum atomic E-state index is 13.5. The summed E-state index contributed by atoms with van der Waals surface area (Å²) in [6, 6.07) is 8.54. The van der Waals surface area contributed by atoms with E-state index < -0.39 is 28.5 Å². The van der Waals surface area contributed by atoms with Crippen molar-refractivity contribution in [1.82, 2.24) is 10.2 Å². The summed E-state index contributed by atoms with van der Waals surface area (Å²) in [6.45, 7) is 3.41. The Morgan fingerprint density at radius 1 is 1.11 bits per heavy atom. The first kappa shape index (κ1) is 26.9. The van der Waals surface area contributed by atoms with Crippen LogP contribution in [0, 0.1) is 0 Å². The first-order valence-electron chi connectivity index (χ1n) is 10.9. The van der Waals surface area contributed by atoms with E-state index in [9.17, 15) is 18.0 Å². The number of anilines is 1. The molecule has 12 heteroatoms. The third kappa shape index (κ3) is 6.71. The lowest BCUT2D eigenvalue weighted by Crippen LogP contribution is -2.51. The predicted molar refractivity (Wildman–Crippen MR) is 135 cm³/mol. The van der Waals surface area contributed by atoms with E-state index in [4.69, 9.17) is 32.7 Å². The number of sulfonamides is 1. The molecule has 1 aliphatic heterocycles. The summed E-state index contributed by atoms with van der Waals surface area (Å²) in [5.41, 5.74) is 0.797. The van der Waals surface area contributed by atoms with Gasteiger partial charge in [-0.2, -0.15) is 0 Å². The second-order valence-electron chi connectivity index (χ2n) is 8.03. The van der Waals surface area contributed by atoms with E-state index in [1.165, 1.54) is 17.0 Å². The molecule has 35 heavy (non-hydrogen) atoms. The molecule has 1 atom stereocenters. The van der Waals surface area contributed by atoms with Crippen molar-refractivity contribution < 1.29 is 27.5 Å². The van der Waals surface area contributed by atoms with Crippen molar-refractivity contribution >= 4 is 50.7 Å². The zero-order chi connectivity index (χ0) is 25.8. The number of benzene rings is 2. The largest absolute Gasteiger partial charge is 0.454 e. The lowest BCUT2D eigenvalue weighted by Gasteiger charge is -2.31. The summed E-state index contributed by atoms with van der Waals surface area (Å²) >= 11 is 12.3. The number of nitrogens with one attached hydrogen (secondary N) is 1. The number of nitrogens with zero attached hydrogens (tertiary/aromatic N) is 2. The Morgan fingerprint density at radius 3 is 2.49 bits per heavy atom. The van der Waals surface area contributed by atoms with Gasteiger partial charge in [-0.25, -0.2) is 8.42 Å². The molecule has 1 heterocycles. The maximum Gasteiger partial charge on any atom is 0.244 e. The van der Waals surface area contributed by atoms with E-state index in [0.717, 1.165) is 17.0 Å². The Labute approximate surface area is 214 Å². The highest BCUT2D eigenvalue weighted by atomic mass is 35.5. The zero-order valence-electron chi connectivity index (χ0n) is 19.6. The predicted octanol–water partition coefficient (Wildman–Crippen LogP) is 3.43. The smallest absolute Gasteiger partial charge is 0.244 e. The molecule has 2 aromatic rings. The fourth-order valence-corrected chi connectivity index (χ4v) is 4.78. The third-order valence-corrected chi connectivity index (χ3v) is 7.12. The number of hydrogen-bond donors (Lipinski definition) is 1. The Kier molecular flexibility index (Phi) is 8.74. The molecular weight excluding hydrogens is 517 g/mol. The van der Waals surface area contributed by atoms with Crippen LogP contribution in [-0.4, -0.2) is 57.3 Å². The molecule has 0 bridgehead atoms. The second kappa shape index (κ2) is 11.4. The summed E-state index contributed by atoms with van der Waals surface area (Å²) < 4.78 is 36.9. The van der Waals surface area contributed by atoms with Gasteiger partial charge in [-0.3, -0.25) is 13.9 Å². The molecule has 0 radical (unpaired) electrons. The van der Waals surface area contributed by atoms with Crippen LogP contribution in [0.25, 0.3) is 0 Å². The van der Waals surface area contributed by atoms with E-state index in [1.54, 1.807) is 31.2 Å². The number of amides is 2. The highest BCUT2D eigenvalue weighted by Crippen LogP contribution is 2.36. The van der Waals surface area contributed by atoms with E-state index >= 15 is 0 Å². The maximum absolute atomic E-state index is 13.5. The summed E-state index contributed by atoms with van der Waals surface area (Å²) in [5.74, 6) is -0.0907. The molecule has 9 nitrogen and oxygen atoms in total. The molecule has 0 unspecified atom stereocenters. The molecule has 0 saturated heterocycles. The molecule has 0 fully saturated rings. The number of fused-ring (bicyclic) bond motifs is 1. The van der Waals surface area contributed by atoms with Gasteiger partial charge in [0.1, 0.15) is 12.6 Å². The van der Waals surface area contributed by atoms with Crippen LogP contribution >= 0.6 is 23.2 Å². The van der Waals surface area contributed by atoms with Crippen LogP contribution in [0.4, 0.5) is 5.69 Å². The van der Waals surface area contributed by atoms with Crippen molar-refractivity contribution in [2.24, 2.45) is 0 Å². The topological polar surface area (TPSA) is 105 Å². The monoisotopic (exact) mass is 543 g/mol. The number of carbonyl (C=O) groups excluding carboxylic acids is 2. The number of rotatable bonds is 10. The Hall–Kier alpha value is -2.69. The van der Waals surface area contributed by atoms with Gasteiger partial charge in [-0.15, -0.1) is 0 Å². The van der Waals surface area contributed by atoms with Crippen molar-refractivity contribution in [1.29, 1.82) is 0 Å². The van der Waals surface area contributed by atoms with Crippen LogP contribution < -0.4 is 19.1 Å². The summed E-state index contributed by atoms with van der Waals surface area (Å²) in [7, 11) is -3.87. The van der Waals surface area contributed by atoms with Crippen LogP contribution in [0.3, 0.4) is 0 Å². The molecule has 1 N–H and O–H groups in total. The van der Waals surface area contributed by atoms with Gasteiger partial charge in [0, 0.05) is 29.2 Å². The van der Waals surface area contributed by atoms with Crippen LogP contribution in [0.2, 0.25) is 10.0 Å². The summed E-state index contributed by atoms with van der Waals surface area (Å²) in [6.07, 6.45) is 1.73. The van der Waals surface area contributed by atoms with Crippen LogP contribution in [0.5, 0.6) is 11.5 Å². The summed E-state index contributed by atoms with van der Waals surface area (Å²) in [4.78, 5) is 27.6. The van der Waals surface area contributed by atoms with Gasteiger partial charge < -0.3 is 19.7 Å². The molecule has 0 aliphatic carbocycles. The van der Waals surface area contributed by atoms with Gasteiger partial charge >= 0.3 is 0 Å². The van der Waals surface area contributed by atoms with E-state index in [-0.39, 0.29) is 24.9 Å². The van der Waals surface area contributed by atoms with Gasteiger partial charge in [0.25, 0.3) is 0 Å². The average molecular weight is 544 g/mol. The zero-order valence-corrected chi connectivity index (χ0v) is 21.9. The standard InChI is InChI=1S/C23H27Cl2N3O6S/c1-4-9-26-23(30)15(2)27(12-16-5-6-17(24)10-19(16)25)22(29)13-28(35(3,31)32)18-7-8-20-21(11-18)34-14-33-20/h5-8,10-11,15H,4,9,12-14H2,1-3H3,(H,26,30)/t15-/m1/s1. The lowest BCUT2D eigenvalue weighted by molar-refractivity contribution is -0.139. The minimum Gasteiger partial charge on any atom is -0.454 e. The van der Waals surface area contributed by atoms with E-state index in [2.05, 4.69) is 5.32 Å². The van der Waals surface area contributed by atoms with Crippen LogP contribution in [0.1, 0.15) is 25.8 Å². The quantitative estimate of drug-likeness (QED) is 0.492. The molecule has 190 valence electrons. The second-order valence-corrected chi connectivity index (χ2v) is 10.8. The molecule has 2 aromatic carbocycles. The SMILES string of the molecule is CCCNC(=O)[C@@H](C)N(Cc1ccc(Cl)cc1Cl)C(=O)CN(c1ccc2c(c1)OCO2)S(C)(=O)=O. The molecule has 0 spiro atoms. The van der Waals surface area contributed by atoms with Crippen molar-refractivity contribution in [2.75, 3.05) is 30.4 Å². The minimum atomic E-state index is -3.87. The Bertz CT molecular complexity index is 1210. The van der Waals surface area contributed by atoms with Gasteiger partial charge in [-0.05, 0) is 43.2 Å². The third-order valence-electron chi connectivity index (χ3n) is 5.40. The number of halogens is 2.